The van der Waals surface area contributed by atoms with Gasteiger partial charge in [-0.3, -0.25) is 4.79 Å². The molecule has 148 valence electrons. The van der Waals surface area contributed by atoms with E-state index in [1.807, 2.05) is 19.1 Å². The fourth-order valence-electron chi connectivity index (χ4n) is 2.46. The molecule has 1 N–H and O–H groups in total. The molecule has 2 rings (SSSR count). The lowest BCUT2D eigenvalue weighted by molar-refractivity contribution is -0.274. The first-order valence-corrected chi connectivity index (χ1v) is 9.42. The van der Waals surface area contributed by atoms with E-state index in [2.05, 4.69) is 16.1 Å². The maximum atomic E-state index is 12.5. The molecule has 0 aliphatic carbocycles. The van der Waals surface area contributed by atoms with Crippen molar-refractivity contribution in [2.75, 3.05) is 5.32 Å². The average Bonchev–Trinajstić information content (AvgIpc) is 2.61. The Morgan fingerprint density at radius 2 is 1.89 bits per heavy atom. The van der Waals surface area contributed by atoms with Gasteiger partial charge in [0.25, 0.3) is 0 Å². The Labute approximate surface area is 165 Å². The highest BCUT2D eigenvalue weighted by atomic mass is 32.2. The minimum absolute atomic E-state index is 0.00494. The van der Waals surface area contributed by atoms with E-state index in [4.69, 9.17) is 5.26 Å². The average molecular weight is 408 g/mol. The minimum atomic E-state index is -4.78. The molecule has 1 amide bonds. The molecular weight excluding hydrogens is 389 g/mol. The van der Waals surface area contributed by atoms with Crippen LogP contribution in [-0.2, 0) is 11.2 Å². The summed E-state index contributed by atoms with van der Waals surface area (Å²) >= 11 is 1.48. The van der Waals surface area contributed by atoms with Crippen molar-refractivity contribution in [3.8, 4) is 11.8 Å². The number of halogens is 3. The predicted molar refractivity (Wildman–Crippen MR) is 102 cm³/mol. The molecule has 8 heteroatoms. The van der Waals surface area contributed by atoms with Crippen LogP contribution in [0.4, 0.5) is 18.9 Å². The van der Waals surface area contributed by atoms with E-state index in [9.17, 15) is 18.0 Å². The number of amides is 1. The van der Waals surface area contributed by atoms with Crippen LogP contribution in [0.5, 0.6) is 5.75 Å². The number of para-hydroxylation sites is 2. The summed E-state index contributed by atoms with van der Waals surface area (Å²) in [5.74, 6) is -0.619. The van der Waals surface area contributed by atoms with Crippen molar-refractivity contribution in [3.05, 3.63) is 54.1 Å². The van der Waals surface area contributed by atoms with Gasteiger partial charge in [0.1, 0.15) is 5.75 Å². The minimum Gasteiger partial charge on any atom is -0.406 e. The predicted octanol–water partition coefficient (Wildman–Crippen LogP) is 5.55. The quantitative estimate of drug-likeness (QED) is 0.582. The second-order valence-electron chi connectivity index (χ2n) is 5.99. The zero-order valence-electron chi connectivity index (χ0n) is 15.1. The summed E-state index contributed by atoms with van der Waals surface area (Å²) in [6.07, 6.45) is -4.29. The Hall–Kier alpha value is -2.66. The van der Waals surface area contributed by atoms with Crippen LogP contribution in [0.1, 0.15) is 25.3 Å². The van der Waals surface area contributed by atoms with Gasteiger partial charge in [0.15, 0.2) is 0 Å². The van der Waals surface area contributed by atoms with Crippen LogP contribution in [-0.4, -0.2) is 17.5 Å². The second kappa shape index (κ2) is 10.0. The highest BCUT2D eigenvalue weighted by Crippen LogP contribution is 2.32. The molecule has 0 spiro atoms. The van der Waals surface area contributed by atoms with Gasteiger partial charge in [-0.2, -0.15) is 5.26 Å². The van der Waals surface area contributed by atoms with Gasteiger partial charge < -0.3 is 10.1 Å². The largest absolute Gasteiger partial charge is 0.573 e. The molecule has 2 aromatic rings. The van der Waals surface area contributed by atoms with Gasteiger partial charge >= 0.3 is 6.36 Å². The van der Waals surface area contributed by atoms with Crippen molar-refractivity contribution in [1.82, 2.24) is 0 Å². The number of anilines is 1. The number of benzene rings is 2. The Bertz CT molecular complexity index is 850. The van der Waals surface area contributed by atoms with Crippen molar-refractivity contribution in [2.45, 2.75) is 42.7 Å². The SMILES string of the molecule is CC(CC#N)Sc1ccccc1NC(=O)CCc1ccccc1OC(F)(F)F. The van der Waals surface area contributed by atoms with Crippen LogP contribution in [0.3, 0.4) is 0 Å². The van der Waals surface area contributed by atoms with Crippen LogP contribution >= 0.6 is 11.8 Å². The van der Waals surface area contributed by atoms with Gasteiger partial charge in [0.05, 0.1) is 11.8 Å². The molecule has 28 heavy (non-hydrogen) atoms. The number of rotatable bonds is 8. The zero-order valence-corrected chi connectivity index (χ0v) is 15.9. The summed E-state index contributed by atoms with van der Waals surface area (Å²) in [6, 6.07) is 15.1. The highest BCUT2D eigenvalue weighted by Gasteiger charge is 2.31. The number of hydrogen-bond acceptors (Lipinski definition) is 4. The van der Waals surface area contributed by atoms with Crippen molar-refractivity contribution >= 4 is 23.4 Å². The number of aryl methyl sites for hydroxylation is 1. The molecular formula is C20H19F3N2O2S. The molecule has 0 heterocycles. The molecule has 0 aliphatic rings. The summed E-state index contributed by atoms with van der Waals surface area (Å²) < 4.78 is 41.5. The van der Waals surface area contributed by atoms with Crippen molar-refractivity contribution in [1.29, 1.82) is 5.26 Å². The van der Waals surface area contributed by atoms with Crippen LogP contribution in [0.15, 0.2) is 53.4 Å². The van der Waals surface area contributed by atoms with Crippen molar-refractivity contribution in [2.24, 2.45) is 0 Å². The van der Waals surface area contributed by atoms with Gasteiger partial charge in [-0.1, -0.05) is 37.3 Å². The number of carbonyl (C=O) groups excluding carboxylic acids is 1. The lowest BCUT2D eigenvalue weighted by Crippen LogP contribution is -2.18. The number of nitrogens with one attached hydrogen (secondary N) is 1. The van der Waals surface area contributed by atoms with Gasteiger partial charge in [-0.15, -0.1) is 24.9 Å². The molecule has 0 aromatic heterocycles. The Morgan fingerprint density at radius 3 is 2.61 bits per heavy atom. The maximum absolute atomic E-state index is 12.5. The third-order valence-electron chi connectivity index (χ3n) is 3.69. The first kappa shape index (κ1) is 21.6. The normalized spacial score (nSPS) is 12.1. The van der Waals surface area contributed by atoms with Gasteiger partial charge in [-0.25, -0.2) is 0 Å². The third-order valence-corrected chi connectivity index (χ3v) is 4.87. The summed E-state index contributed by atoms with van der Waals surface area (Å²) in [4.78, 5) is 13.1. The molecule has 0 fully saturated rings. The monoisotopic (exact) mass is 408 g/mol. The third kappa shape index (κ3) is 7.16. The number of nitriles is 1. The number of hydrogen-bond donors (Lipinski definition) is 1. The summed E-state index contributed by atoms with van der Waals surface area (Å²) in [6.45, 7) is 1.92. The zero-order chi connectivity index (χ0) is 20.6. The highest BCUT2D eigenvalue weighted by molar-refractivity contribution is 8.00. The molecule has 0 aliphatic heterocycles. The van der Waals surface area contributed by atoms with E-state index in [0.717, 1.165) is 4.90 Å². The Balaban J connectivity index is 2.00. The van der Waals surface area contributed by atoms with Gasteiger partial charge in [0.2, 0.25) is 5.91 Å². The fourth-order valence-corrected chi connectivity index (χ4v) is 3.45. The van der Waals surface area contributed by atoms with Crippen LogP contribution in [0.2, 0.25) is 0 Å². The molecule has 0 saturated carbocycles. The second-order valence-corrected chi connectivity index (χ2v) is 7.47. The summed E-state index contributed by atoms with van der Waals surface area (Å²) in [5.41, 5.74) is 0.919. The van der Waals surface area contributed by atoms with Crippen molar-refractivity contribution in [3.63, 3.8) is 0 Å². The van der Waals surface area contributed by atoms with Crippen LogP contribution in [0.25, 0.3) is 0 Å². The smallest absolute Gasteiger partial charge is 0.406 e. The first-order valence-electron chi connectivity index (χ1n) is 8.54. The number of thioether (sulfide) groups is 1. The standard InChI is InChI=1S/C20H19F3N2O2S/c1-14(12-13-24)28-18-9-5-3-7-16(18)25-19(26)11-10-15-6-2-4-8-17(15)27-20(21,22)23/h2-9,14H,10-12H2,1H3,(H,25,26). The molecule has 2 aromatic carbocycles. The number of ether oxygens (including phenoxy) is 1. The molecule has 1 atom stereocenters. The maximum Gasteiger partial charge on any atom is 0.573 e. The topological polar surface area (TPSA) is 62.1 Å². The molecule has 4 nitrogen and oxygen atoms in total. The van der Waals surface area contributed by atoms with Crippen LogP contribution in [0, 0.1) is 11.3 Å². The van der Waals surface area contributed by atoms with Gasteiger partial charge in [-0.05, 0) is 30.2 Å². The fraction of sp³-hybridized carbons (Fsp3) is 0.300. The van der Waals surface area contributed by atoms with E-state index in [1.165, 1.54) is 30.0 Å². The van der Waals surface area contributed by atoms with Crippen LogP contribution < -0.4 is 10.1 Å². The summed E-state index contributed by atoms with van der Waals surface area (Å²) in [7, 11) is 0. The van der Waals surface area contributed by atoms with E-state index in [1.54, 1.807) is 18.2 Å². The number of carbonyl (C=O) groups is 1. The first-order chi connectivity index (χ1) is 13.3. The van der Waals surface area contributed by atoms with Gasteiger partial charge in [0, 0.05) is 23.0 Å². The van der Waals surface area contributed by atoms with E-state index in [-0.39, 0.29) is 29.7 Å². The van der Waals surface area contributed by atoms with E-state index < -0.39 is 6.36 Å². The molecule has 0 saturated heterocycles. The molecule has 0 radical (unpaired) electrons. The van der Waals surface area contributed by atoms with Crippen molar-refractivity contribution < 1.29 is 22.7 Å². The lowest BCUT2D eigenvalue weighted by atomic mass is 10.1. The molecule has 0 bridgehead atoms. The lowest BCUT2D eigenvalue weighted by Gasteiger charge is -2.14. The van der Waals surface area contributed by atoms with E-state index >= 15 is 0 Å². The Kier molecular flexibility index (Phi) is 7.76. The van der Waals surface area contributed by atoms with E-state index in [0.29, 0.717) is 17.7 Å². The Morgan fingerprint density at radius 1 is 1.21 bits per heavy atom. The summed E-state index contributed by atoms with van der Waals surface area (Å²) in [5, 5.41) is 11.6. The molecule has 1 unspecified atom stereocenters. The number of alkyl halides is 3. The number of nitrogens with zero attached hydrogens (tertiary/aromatic N) is 1.